The maximum atomic E-state index is 11.5. The van der Waals surface area contributed by atoms with Crippen molar-refractivity contribution in [2.24, 2.45) is 5.92 Å². The molecule has 2 heterocycles. The van der Waals surface area contributed by atoms with Crippen molar-refractivity contribution in [1.29, 1.82) is 0 Å². The molecule has 2 N–H and O–H groups in total. The average molecular weight is 270 g/mol. The number of fused-ring (bicyclic) bond motifs is 1. The maximum Gasteiger partial charge on any atom is 0.308 e. The first-order valence-corrected chi connectivity index (χ1v) is 6.89. The fourth-order valence-corrected chi connectivity index (χ4v) is 3.18. The Labute approximate surface area is 117 Å². The molecule has 2 atom stereocenters. The van der Waals surface area contributed by atoms with E-state index >= 15 is 0 Å². The molecule has 1 aromatic heterocycles. The van der Waals surface area contributed by atoms with Crippen molar-refractivity contribution in [2.45, 2.75) is 19.8 Å². The molecule has 2 aromatic rings. The second-order valence-electron chi connectivity index (χ2n) is 5.46. The van der Waals surface area contributed by atoms with E-state index in [0.29, 0.717) is 13.1 Å². The van der Waals surface area contributed by atoms with Crippen LogP contribution in [-0.2, 0) is 4.79 Å². The molecule has 0 bridgehead atoms. The lowest BCUT2D eigenvalue weighted by molar-refractivity contribution is -0.141. The Kier molecular flexibility index (Phi) is 3.18. The lowest BCUT2D eigenvalue weighted by atomic mass is 9.84. The number of hydrogen-bond acceptors (Lipinski definition) is 3. The highest BCUT2D eigenvalue weighted by Gasteiger charge is 2.36. The summed E-state index contributed by atoms with van der Waals surface area (Å²) in [5.41, 5.74) is 4.19. The van der Waals surface area contributed by atoms with Crippen LogP contribution in [0.5, 0.6) is 0 Å². The maximum absolute atomic E-state index is 11.5. The van der Waals surface area contributed by atoms with Crippen LogP contribution >= 0.6 is 0 Å². The highest BCUT2D eigenvalue weighted by Crippen LogP contribution is 2.36. The van der Waals surface area contributed by atoms with Gasteiger partial charge in [0.05, 0.1) is 11.4 Å². The minimum absolute atomic E-state index is 0.0131. The van der Waals surface area contributed by atoms with Crippen LogP contribution in [0.4, 0.5) is 0 Å². The van der Waals surface area contributed by atoms with Gasteiger partial charge < -0.3 is 10.4 Å². The zero-order chi connectivity index (χ0) is 14.3. The van der Waals surface area contributed by atoms with Crippen LogP contribution in [0.15, 0.2) is 24.3 Å². The molecule has 1 aliphatic rings. The van der Waals surface area contributed by atoms with Crippen LogP contribution in [0, 0.1) is 19.8 Å². The Morgan fingerprint density at radius 1 is 1.30 bits per heavy atom. The minimum Gasteiger partial charge on any atom is -0.481 e. The van der Waals surface area contributed by atoms with Gasteiger partial charge in [0.1, 0.15) is 0 Å². The van der Waals surface area contributed by atoms with Gasteiger partial charge in [-0.25, -0.2) is 0 Å². The van der Waals surface area contributed by atoms with Gasteiger partial charge in [0.2, 0.25) is 0 Å². The van der Waals surface area contributed by atoms with Crippen molar-refractivity contribution >= 4 is 16.9 Å². The van der Waals surface area contributed by atoms with E-state index < -0.39 is 5.97 Å². The molecular formula is C16H18N2O2. The molecule has 0 radical (unpaired) electrons. The number of nitrogens with zero attached hydrogens (tertiary/aromatic N) is 1. The van der Waals surface area contributed by atoms with E-state index in [-0.39, 0.29) is 11.8 Å². The van der Waals surface area contributed by atoms with E-state index in [1.807, 2.05) is 38.1 Å². The number of nitrogens with one attached hydrogen (secondary N) is 1. The molecule has 0 saturated carbocycles. The summed E-state index contributed by atoms with van der Waals surface area (Å²) < 4.78 is 0. The third-order valence-corrected chi connectivity index (χ3v) is 4.33. The van der Waals surface area contributed by atoms with Gasteiger partial charge in [-0.3, -0.25) is 9.78 Å². The lowest BCUT2D eigenvalue weighted by Gasteiger charge is -2.21. The number of aromatic nitrogens is 1. The SMILES string of the molecule is Cc1nc2ccccc2c(C2CNCC2C(=O)O)c1C. The van der Waals surface area contributed by atoms with Gasteiger partial charge in [-0.2, -0.15) is 0 Å². The molecule has 4 heteroatoms. The first kappa shape index (κ1) is 13.1. The molecule has 4 nitrogen and oxygen atoms in total. The topological polar surface area (TPSA) is 62.2 Å². The predicted octanol–water partition coefficient (Wildman–Crippen LogP) is 2.24. The Morgan fingerprint density at radius 3 is 2.80 bits per heavy atom. The lowest BCUT2D eigenvalue weighted by Crippen LogP contribution is -2.22. The van der Waals surface area contributed by atoms with Crippen LogP contribution in [0.3, 0.4) is 0 Å². The quantitative estimate of drug-likeness (QED) is 0.878. The molecule has 104 valence electrons. The van der Waals surface area contributed by atoms with Crippen LogP contribution < -0.4 is 5.32 Å². The van der Waals surface area contributed by atoms with Crippen molar-refractivity contribution in [1.82, 2.24) is 10.3 Å². The summed E-state index contributed by atoms with van der Waals surface area (Å²) in [5, 5.41) is 13.7. The highest BCUT2D eigenvalue weighted by atomic mass is 16.4. The largest absolute Gasteiger partial charge is 0.481 e. The summed E-state index contributed by atoms with van der Waals surface area (Å²) >= 11 is 0. The number of benzene rings is 1. The smallest absolute Gasteiger partial charge is 0.308 e. The number of pyridine rings is 1. The number of para-hydroxylation sites is 1. The van der Waals surface area contributed by atoms with Gasteiger partial charge in [0.15, 0.2) is 0 Å². The Morgan fingerprint density at radius 2 is 2.05 bits per heavy atom. The molecule has 1 aromatic carbocycles. The van der Waals surface area contributed by atoms with Crippen LogP contribution in [0.25, 0.3) is 10.9 Å². The van der Waals surface area contributed by atoms with Crippen molar-refractivity contribution < 1.29 is 9.90 Å². The van der Waals surface area contributed by atoms with Crippen LogP contribution in [0.2, 0.25) is 0 Å². The van der Waals surface area contributed by atoms with E-state index in [1.54, 1.807) is 0 Å². The third-order valence-electron chi connectivity index (χ3n) is 4.33. The molecule has 0 spiro atoms. The van der Waals surface area contributed by atoms with Gasteiger partial charge in [-0.15, -0.1) is 0 Å². The summed E-state index contributed by atoms with van der Waals surface area (Å²) in [5.74, 6) is -1.07. The van der Waals surface area contributed by atoms with Gasteiger partial charge in [0, 0.05) is 30.1 Å². The first-order chi connectivity index (χ1) is 9.59. The van der Waals surface area contributed by atoms with Gasteiger partial charge in [-0.05, 0) is 31.0 Å². The number of aryl methyl sites for hydroxylation is 1. The second kappa shape index (κ2) is 4.87. The molecule has 0 aliphatic carbocycles. The number of rotatable bonds is 2. The van der Waals surface area contributed by atoms with E-state index in [0.717, 1.165) is 27.7 Å². The molecule has 1 fully saturated rings. The standard InChI is InChI=1S/C16H18N2O2/c1-9-10(2)18-14-6-4-3-5-11(14)15(9)12-7-17-8-13(12)16(19)20/h3-6,12-13,17H,7-8H2,1-2H3,(H,19,20). The summed E-state index contributed by atoms with van der Waals surface area (Å²) in [6, 6.07) is 7.99. The van der Waals surface area contributed by atoms with Crippen molar-refractivity contribution in [2.75, 3.05) is 13.1 Å². The zero-order valence-corrected chi connectivity index (χ0v) is 11.7. The zero-order valence-electron chi connectivity index (χ0n) is 11.7. The number of carbonyl (C=O) groups is 1. The molecule has 0 amide bonds. The summed E-state index contributed by atoms with van der Waals surface area (Å²) in [6.45, 7) is 5.28. The molecule has 2 unspecified atom stereocenters. The average Bonchev–Trinajstić information content (AvgIpc) is 2.89. The fourth-order valence-electron chi connectivity index (χ4n) is 3.18. The minimum atomic E-state index is -0.724. The van der Waals surface area contributed by atoms with Crippen LogP contribution in [-0.4, -0.2) is 29.1 Å². The third kappa shape index (κ3) is 1.96. The molecular weight excluding hydrogens is 252 g/mol. The van der Waals surface area contributed by atoms with E-state index in [2.05, 4.69) is 10.3 Å². The Bertz CT molecular complexity index is 681. The number of aliphatic carboxylic acids is 1. The molecule has 20 heavy (non-hydrogen) atoms. The van der Waals surface area contributed by atoms with Crippen molar-refractivity contribution in [3.63, 3.8) is 0 Å². The van der Waals surface area contributed by atoms with Gasteiger partial charge in [0.25, 0.3) is 0 Å². The Balaban J connectivity index is 2.24. The Hall–Kier alpha value is -1.94. The van der Waals surface area contributed by atoms with Crippen molar-refractivity contribution in [3.8, 4) is 0 Å². The first-order valence-electron chi connectivity index (χ1n) is 6.89. The van der Waals surface area contributed by atoms with E-state index in [9.17, 15) is 9.90 Å². The molecule has 1 saturated heterocycles. The highest BCUT2D eigenvalue weighted by molar-refractivity contribution is 5.85. The number of carboxylic acid groups (broad SMARTS) is 1. The van der Waals surface area contributed by atoms with E-state index in [4.69, 9.17) is 0 Å². The fraction of sp³-hybridized carbons (Fsp3) is 0.375. The molecule has 3 rings (SSSR count). The van der Waals surface area contributed by atoms with E-state index in [1.165, 1.54) is 0 Å². The number of hydrogen-bond donors (Lipinski definition) is 2. The normalized spacial score (nSPS) is 22.3. The monoisotopic (exact) mass is 270 g/mol. The second-order valence-corrected chi connectivity index (χ2v) is 5.46. The van der Waals surface area contributed by atoms with Gasteiger partial charge in [-0.1, -0.05) is 18.2 Å². The van der Waals surface area contributed by atoms with Gasteiger partial charge >= 0.3 is 5.97 Å². The predicted molar refractivity (Wildman–Crippen MR) is 78.0 cm³/mol. The summed E-state index contributed by atoms with van der Waals surface area (Å²) in [6.07, 6.45) is 0. The van der Waals surface area contributed by atoms with Crippen LogP contribution in [0.1, 0.15) is 22.7 Å². The van der Waals surface area contributed by atoms with Crippen molar-refractivity contribution in [3.05, 3.63) is 41.1 Å². The number of carboxylic acids is 1. The molecule has 1 aliphatic heterocycles. The summed E-state index contributed by atoms with van der Waals surface area (Å²) in [4.78, 5) is 16.1. The summed E-state index contributed by atoms with van der Waals surface area (Å²) in [7, 11) is 0.